The molecule has 0 atom stereocenters. The molecule has 0 unspecified atom stereocenters. The van der Waals surface area contributed by atoms with Crippen LogP contribution in [0.2, 0.25) is 0 Å². The zero-order valence-corrected chi connectivity index (χ0v) is 39.0. The first-order chi connectivity index (χ1) is 34.6. The molecule has 0 amide bonds. The summed E-state index contributed by atoms with van der Waals surface area (Å²) >= 11 is 0. The molecule has 11 aromatic rings. The summed E-state index contributed by atoms with van der Waals surface area (Å²) in [4.78, 5) is 4.93. The van der Waals surface area contributed by atoms with Crippen LogP contribution in [0, 0.1) is 6.92 Å². The van der Waals surface area contributed by atoms with Gasteiger partial charge in [0.05, 0.1) is 11.4 Å². The maximum atomic E-state index is 4.50. The highest BCUT2D eigenvalue weighted by Gasteiger charge is 2.27. The third-order valence-corrected chi connectivity index (χ3v) is 14.5. The van der Waals surface area contributed by atoms with Crippen LogP contribution in [0.15, 0.2) is 255 Å². The number of hydrogen-bond acceptors (Lipinski definition) is 2. The Morgan fingerprint density at radius 3 is 1.64 bits per heavy atom. The zero-order chi connectivity index (χ0) is 46.7. The summed E-state index contributed by atoms with van der Waals surface area (Å²) in [6.45, 7) is 7.48. The summed E-state index contributed by atoms with van der Waals surface area (Å²) in [5, 5.41) is 7.47. The Balaban J connectivity index is 0.936. The molecule has 0 spiro atoms. The van der Waals surface area contributed by atoms with Crippen LogP contribution in [-0.2, 0) is 0 Å². The van der Waals surface area contributed by atoms with Crippen molar-refractivity contribution < 1.29 is 0 Å². The van der Waals surface area contributed by atoms with Gasteiger partial charge >= 0.3 is 0 Å². The lowest BCUT2D eigenvalue weighted by atomic mass is 9.91. The summed E-state index contributed by atoms with van der Waals surface area (Å²) in [5.41, 5.74) is 21.2. The molecule has 0 aromatic heterocycles. The zero-order valence-electron chi connectivity index (χ0n) is 39.0. The number of aryl methyl sites for hydroxylation is 1. The Kier molecular flexibility index (Phi) is 9.99. The number of fused-ring (bicyclic) bond motifs is 13. The van der Waals surface area contributed by atoms with Gasteiger partial charge in [0.1, 0.15) is 0 Å². The SMILES string of the molecule is C=C1/C=C\C=C/CN(c2ccc3c(ccc4c3ccc3cc(N5c6ccccc6-c6ccccc6-c6cc(-c7ccccc7)ccc65)cc(C)c34)c2)c2ccc(-c3ccccc3)cc2-c2ccccc21. The van der Waals surface area contributed by atoms with Gasteiger partial charge in [-0.3, -0.25) is 0 Å². The van der Waals surface area contributed by atoms with Crippen molar-refractivity contribution in [2.24, 2.45) is 0 Å². The van der Waals surface area contributed by atoms with Crippen molar-refractivity contribution in [1.29, 1.82) is 0 Å². The first-order valence-corrected chi connectivity index (χ1v) is 24.2. The summed E-state index contributed by atoms with van der Waals surface area (Å²) in [6.07, 6.45) is 8.61. The molecule has 0 aliphatic carbocycles. The molecule has 2 nitrogen and oxygen atoms in total. The Hall–Kier alpha value is -8.98. The van der Waals surface area contributed by atoms with Gasteiger partial charge in [0.25, 0.3) is 0 Å². The molecule has 13 rings (SSSR count). The minimum atomic E-state index is 0.703. The monoisotopic (exact) mass is 892 g/mol. The number of hydrogen-bond donors (Lipinski definition) is 0. The molecule has 2 aliphatic rings. The van der Waals surface area contributed by atoms with E-state index in [1.54, 1.807) is 0 Å². The molecule has 0 fully saturated rings. The molecular weight excluding hydrogens is 845 g/mol. The number of benzene rings is 11. The number of allylic oxidation sites excluding steroid dienone is 4. The molecule has 0 saturated carbocycles. The van der Waals surface area contributed by atoms with Gasteiger partial charge in [-0.2, -0.15) is 0 Å². The molecule has 70 heavy (non-hydrogen) atoms. The average molecular weight is 893 g/mol. The van der Waals surface area contributed by atoms with Crippen LogP contribution in [-0.4, -0.2) is 6.54 Å². The summed E-state index contributed by atoms with van der Waals surface area (Å²) in [7, 11) is 0. The Morgan fingerprint density at radius 1 is 0.371 bits per heavy atom. The lowest BCUT2D eigenvalue weighted by molar-refractivity contribution is 1.10. The fourth-order valence-corrected chi connectivity index (χ4v) is 11.2. The Morgan fingerprint density at radius 2 is 0.914 bits per heavy atom. The van der Waals surface area contributed by atoms with Crippen LogP contribution in [0.3, 0.4) is 0 Å². The third kappa shape index (κ3) is 6.95. The van der Waals surface area contributed by atoms with Gasteiger partial charge in [-0.25, -0.2) is 0 Å². The van der Waals surface area contributed by atoms with Crippen molar-refractivity contribution in [3.63, 3.8) is 0 Å². The van der Waals surface area contributed by atoms with E-state index in [9.17, 15) is 0 Å². The van der Waals surface area contributed by atoms with Crippen LogP contribution in [0.25, 0.3) is 93.5 Å². The van der Waals surface area contributed by atoms with Crippen molar-refractivity contribution in [1.82, 2.24) is 0 Å². The molecule has 2 heterocycles. The van der Waals surface area contributed by atoms with Crippen LogP contribution in [0.4, 0.5) is 28.4 Å². The smallest absolute Gasteiger partial charge is 0.0540 e. The highest BCUT2D eigenvalue weighted by atomic mass is 15.2. The van der Waals surface area contributed by atoms with Crippen molar-refractivity contribution in [2.45, 2.75) is 6.92 Å². The van der Waals surface area contributed by atoms with Gasteiger partial charge < -0.3 is 9.80 Å². The van der Waals surface area contributed by atoms with E-state index in [1.807, 2.05) is 0 Å². The molecule has 2 aliphatic heterocycles. The van der Waals surface area contributed by atoms with Crippen LogP contribution < -0.4 is 9.80 Å². The largest absolute Gasteiger partial charge is 0.337 e. The number of rotatable bonds is 4. The second kappa shape index (κ2) is 17.0. The molecule has 0 radical (unpaired) electrons. The first kappa shape index (κ1) is 41.2. The number of anilines is 5. The normalized spacial score (nSPS) is 13.9. The summed E-state index contributed by atoms with van der Waals surface area (Å²) in [6, 6.07) is 82.8. The van der Waals surface area contributed by atoms with Gasteiger partial charge in [0.2, 0.25) is 0 Å². The lowest BCUT2D eigenvalue weighted by Crippen LogP contribution is -2.18. The van der Waals surface area contributed by atoms with Gasteiger partial charge in [0.15, 0.2) is 0 Å². The van der Waals surface area contributed by atoms with Crippen LogP contribution in [0.1, 0.15) is 11.1 Å². The minimum absolute atomic E-state index is 0.703. The van der Waals surface area contributed by atoms with E-state index in [4.69, 9.17) is 0 Å². The van der Waals surface area contributed by atoms with Crippen molar-refractivity contribution in [2.75, 3.05) is 16.3 Å². The third-order valence-electron chi connectivity index (χ3n) is 14.5. The maximum absolute atomic E-state index is 4.50. The fourth-order valence-electron chi connectivity index (χ4n) is 11.2. The van der Waals surface area contributed by atoms with E-state index < -0.39 is 0 Å². The van der Waals surface area contributed by atoms with E-state index in [0.29, 0.717) is 6.54 Å². The Bertz CT molecular complexity index is 3950. The Labute approximate surface area is 409 Å². The predicted octanol–water partition coefficient (Wildman–Crippen LogP) is 18.9. The standard InChI is InChI=1S/C68H48N2/c1-45-18-6-5-17-39-69(65-37-31-49(47-19-7-3-8-20-47)43-63(65)57-24-12-11-23-55(45)57)53-33-36-56-51(41-53)29-35-62-60(56)34-30-52-42-54(40-46(2)68(52)62)70-66-28-16-15-27-61(66)58-25-13-14-26-59(58)64-44-50(32-38-67(64)70)48-21-9-4-10-22-48/h3-38,40-44H,1,39H2,2H3/b17-5-,18-6-. The number of nitrogens with zero attached hydrogens (tertiary/aromatic N) is 2. The van der Waals surface area contributed by atoms with Gasteiger partial charge in [-0.15, -0.1) is 0 Å². The van der Waals surface area contributed by atoms with Crippen LogP contribution >= 0.6 is 0 Å². The van der Waals surface area contributed by atoms with Crippen LogP contribution in [0.5, 0.6) is 0 Å². The summed E-state index contributed by atoms with van der Waals surface area (Å²) < 4.78 is 0. The first-order valence-electron chi connectivity index (χ1n) is 24.2. The molecule has 2 heteroatoms. The van der Waals surface area contributed by atoms with E-state index in [2.05, 4.69) is 272 Å². The lowest BCUT2D eigenvalue weighted by Gasteiger charge is -2.28. The summed E-state index contributed by atoms with van der Waals surface area (Å²) in [5.74, 6) is 0. The highest BCUT2D eigenvalue weighted by molar-refractivity contribution is 6.19. The molecule has 330 valence electrons. The quantitative estimate of drug-likeness (QED) is 0.162. The predicted molar refractivity (Wildman–Crippen MR) is 300 cm³/mol. The van der Waals surface area contributed by atoms with E-state index in [1.165, 1.54) is 105 Å². The topological polar surface area (TPSA) is 6.48 Å². The molecule has 0 saturated heterocycles. The maximum Gasteiger partial charge on any atom is 0.0540 e. The molecular formula is C68H48N2. The second-order valence-corrected chi connectivity index (χ2v) is 18.6. The average Bonchev–Trinajstić information content (AvgIpc) is 3.55. The molecule has 0 N–H and O–H groups in total. The highest BCUT2D eigenvalue weighted by Crippen LogP contribution is 2.52. The van der Waals surface area contributed by atoms with Crippen molar-refractivity contribution >= 4 is 66.3 Å². The number of para-hydroxylation sites is 1. The molecule has 11 aromatic carbocycles. The van der Waals surface area contributed by atoms with E-state index in [-0.39, 0.29) is 0 Å². The second-order valence-electron chi connectivity index (χ2n) is 18.6. The minimum Gasteiger partial charge on any atom is -0.337 e. The van der Waals surface area contributed by atoms with Gasteiger partial charge in [-0.1, -0.05) is 201 Å². The van der Waals surface area contributed by atoms with Gasteiger partial charge in [-0.05, 0) is 149 Å². The molecule has 0 bridgehead atoms. The fraction of sp³-hybridized carbons (Fsp3) is 0.0294. The van der Waals surface area contributed by atoms with Crippen molar-refractivity contribution in [3.8, 4) is 55.6 Å². The van der Waals surface area contributed by atoms with E-state index in [0.717, 1.165) is 28.2 Å². The van der Waals surface area contributed by atoms with Gasteiger partial charge in [0, 0.05) is 40.3 Å². The van der Waals surface area contributed by atoms with E-state index >= 15 is 0 Å². The van der Waals surface area contributed by atoms with Crippen molar-refractivity contribution in [3.05, 3.63) is 266 Å².